The van der Waals surface area contributed by atoms with E-state index in [0.29, 0.717) is 16.1 Å². The van der Waals surface area contributed by atoms with Crippen LogP contribution >= 0.6 is 11.6 Å². The van der Waals surface area contributed by atoms with E-state index in [1.54, 1.807) is 24.3 Å². The van der Waals surface area contributed by atoms with Crippen LogP contribution in [0.3, 0.4) is 0 Å². The Morgan fingerprint density at radius 3 is 2.64 bits per heavy atom. The second-order valence-electron chi connectivity index (χ2n) is 6.13. The molecule has 0 radical (unpaired) electrons. The van der Waals surface area contributed by atoms with Crippen LogP contribution in [0.4, 0.5) is 11.5 Å². The fourth-order valence-corrected chi connectivity index (χ4v) is 3.33. The quantitative estimate of drug-likeness (QED) is 0.468. The van der Waals surface area contributed by atoms with Gasteiger partial charge in [-0.2, -0.15) is 10.2 Å². The monoisotopic (exact) mass is 396 g/mol. The van der Waals surface area contributed by atoms with Crippen LogP contribution in [0.5, 0.6) is 11.6 Å². The molecule has 140 valence electrons. The largest absolute Gasteiger partial charge is 0.458 e. The molecule has 1 atom stereocenters. The van der Waals surface area contributed by atoms with Gasteiger partial charge in [-0.3, -0.25) is 4.79 Å². The number of fused-ring (bicyclic) bond motifs is 2. The van der Waals surface area contributed by atoms with Crippen molar-refractivity contribution < 1.29 is 14.3 Å². The summed E-state index contributed by atoms with van der Waals surface area (Å²) < 4.78 is 11.4. The normalized spacial score (nSPS) is 14.5. The number of hydrogen-bond donors (Lipinski definition) is 3. The first-order chi connectivity index (χ1) is 13.4. The topological polar surface area (TPSA) is 148 Å². The SMILES string of the molecule is N#Cc1c(N)nc2c(c1N)C(c1ccc(Cl)cc1)c1oc(CO)cc(=O)c1O2. The molecular weight excluding hydrogens is 384 g/mol. The van der Waals surface area contributed by atoms with Gasteiger partial charge < -0.3 is 25.7 Å². The number of halogens is 1. The number of aliphatic hydroxyl groups excluding tert-OH is 1. The molecule has 0 amide bonds. The maximum absolute atomic E-state index is 12.5. The Morgan fingerprint density at radius 1 is 1.29 bits per heavy atom. The highest BCUT2D eigenvalue weighted by atomic mass is 35.5. The lowest BCUT2D eigenvalue weighted by Gasteiger charge is -2.28. The van der Waals surface area contributed by atoms with Crippen molar-refractivity contribution in [3.63, 3.8) is 0 Å². The van der Waals surface area contributed by atoms with E-state index in [0.717, 1.165) is 6.07 Å². The number of anilines is 2. The zero-order valence-corrected chi connectivity index (χ0v) is 15.0. The van der Waals surface area contributed by atoms with E-state index in [4.69, 9.17) is 32.2 Å². The van der Waals surface area contributed by atoms with Gasteiger partial charge in [-0.15, -0.1) is 0 Å². The number of nitrogen functional groups attached to an aromatic ring is 2. The molecule has 9 heteroatoms. The molecule has 0 spiro atoms. The highest BCUT2D eigenvalue weighted by molar-refractivity contribution is 6.30. The van der Waals surface area contributed by atoms with Crippen molar-refractivity contribution in [2.24, 2.45) is 0 Å². The van der Waals surface area contributed by atoms with Gasteiger partial charge in [0.1, 0.15) is 29.8 Å². The summed E-state index contributed by atoms with van der Waals surface area (Å²) in [5, 5.41) is 19.4. The summed E-state index contributed by atoms with van der Waals surface area (Å²) in [4.78, 5) is 16.6. The predicted octanol–water partition coefficient (Wildman–Crippen LogP) is 2.50. The van der Waals surface area contributed by atoms with Gasteiger partial charge in [0, 0.05) is 11.1 Å². The summed E-state index contributed by atoms with van der Waals surface area (Å²) in [7, 11) is 0. The van der Waals surface area contributed by atoms with E-state index in [-0.39, 0.29) is 40.2 Å². The van der Waals surface area contributed by atoms with Crippen molar-refractivity contribution in [3.8, 4) is 17.7 Å². The second-order valence-corrected chi connectivity index (χ2v) is 6.57. The van der Waals surface area contributed by atoms with Crippen LogP contribution in [0, 0.1) is 11.3 Å². The zero-order chi connectivity index (χ0) is 20.0. The standard InChI is InChI=1S/C19H13ClN4O4/c20-9-3-1-8(2-4-9)13-14-15(22)11(6-21)18(23)24-19(14)28-16-12(26)5-10(7-25)27-17(13)16/h1-5,13,25H,7H2,(H4,22,23,24). The summed E-state index contributed by atoms with van der Waals surface area (Å²) in [6, 6.07) is 9.88. The fourth-order valence-electron chi connectivity index (χ4n) is 3.21. The van der Waals surface area contributed by atoms with E-state index in [1.807, 2.05) is 6.07 Å². The maximum Gasteiger partial charge on any atom is 0.228 e. The Hall–Kier alpha value is -3.54. The molecule has 1 aromatic carbocycles. The number of nitrogens with zero attached hydrogens (tertiary/aromatic N) is 2. The second kappa shape index (κ2) is 6.56. The third kappa shape index (κ3) is 2.65. The van der Waals surface area contributed by atoms with Gasteiger partial charge in [0.25, 0.3) is 0 Å². The Balaban J connectivity index is 2.08. The number of nitriles is 1. The van der Waals surface area contributed by atoms with Gasteiger partial charge in [-0.1, -0.05) is 23.7 Å². The summed E-state index contributed by atoms with van der Waals surface area (Å²) in [5.41, 5.74) is 12.7. The number of benzene rings is 1. The average Bonchev–Trinajstić information content (AvgIpc) is 2.68. The molecule has 3 aromatic rings. The number of rotatable bonds is 2. The highest BCUT2D eigenvalue weighted by Crippen LogP contribution is 2.49. The molecule has 0 saturated carbocycles. The lowest BCUT2D eigenvalue weighted by Crippen LogP contribution is -2.21. The van der Waals surface area contributed by atoms with Gasteiger partial charge >= 0.3 is 0 Å². The van der Waals surface area contributed by atoms with E-state index < -0.39 is 18.0 Å². The van der Waals surface area contributed by atoms with Crippen molar-refractivity contribution in [1.29, 1.82) is 5.26 Å². The van der Waals surface area contributed by atoms with Crippen LogP contribution in [-0.4, -0.2) is 10.1 Å². The first-order valence-corrected chi connectivity index (χ1v) is 8.52. The molecule has 4 rings (SSSR count). The molecule has 28 heavy (non-hydrogen) atoms. The maximum atomic E-state index is 12.5. The average molecular weight is 397 g/mol. The molecule has 1 aliphatic rings. The van der Waals surface area contributed by atoms with Crippen molar-refractivity contribution in [2.75, 3.05) is 11.5 Å². The number of aromatic nitrogens is 1. The van der Waals surface area contributed by atoms with Gasteiger partial charge in [0.2, 0.25) is 17.1 Å². The first kappa shape index (κ1) is 17.9. The summed E-state index contributed by atoms with van der Waals surface area (Å²) in [5.74, 6) is -0.666. The van der Waals surface area contributed by atoms with Crippen molar-refractivity contribution in [2.45, 2.75) is 12.5 Å². The van der Waals surface area contributed by atoms with Gasteiger partial charge in [-0.25, -0.2) is 0 Å². The van der Waals surface area contributed by atoms with Crippen molar-refractivity contribution in [1.82, 2.24) is 4.98 Å². The number of aliphatic hydroxyl groups is 1. The van der Waals surface area contributed by atoms with Crippen LogP contribution in [-0.2, 0) is 6.61 Å². The van der Waals surface area contributed by atoms with Crippen LogP contribution < -0.4 is 21.6 Å². The fraction of sp³-hybridized carbons (Fsp3) is 0.105. The first-order valence-electron chi connectivity index (χ1n) is 8.14. The van der Waals surface area contributed by atoms with Gasteiger partial charge in [0.05, 0.1) is 17.2 Å². The number of nitrogens with two attached hydrogens (primary N) is 2. The highest BCUT2D eigenvalue weighted by Gasteiger charge is 2.37. The third-order valence-corrected chi connectivity index (χ3v) is 4.72. The summed E-state index contributed by atoms with van der Waals surface area (Å²) in [6.45, 7) is -0.471. The third-order valence-electron chi connectivity index (χ3n) is 4.47. The number of ether oxygens (including phenoxy) is 1. The molecule has 2 aromatic heterocycles. The minimum absolute atomic E-state index is 0.00502. The Morgan fingerprint density at radius 2 is 2.00 bits per heavy atom. The van der Waals surface area contributed by atoms with E-state index >= 15 is 0 Å². The number of pyridine rings is 1. The van der Waals surface area contributed by atoms with Crippen molar-refractivity contribution >= 4 is 23.1 Å². The summed E-state index contributed by atoms with van der Waals surface area (Å²) in [6.07, 6.45) is 0. The van der Waals surface area contributed by atoms with Crippen LogP contribution in [0.25, 0.3) is 0 Å². The molecule has 1 unspecified atom stereocenters. The molecule has 3 heterocycles. The van der Waals surface area contributed by atoms with E-state index in [1.165, 1.54) is 0 Å². The molecule has 0 aliphatic carbocycles. The Kier molecular flexibility index (Phi) is 4.19. The lowest BCUT2D eigenvalue weighted by molar-refractivity contribution is 0.233. The minimum atomic E-state index is -0.713. The Labute approximate surface area is 163 Å². The summed E-state index contributed by atoms with van der Waals surface area (Å²) >= 11 is 6.00. The molecule has 0 fully saturated rings. The molecule has 8 nitrogen and oxygen atoms in total. The molecule has 5 N–H and O–H groups in total. The zero-order valence-electron chi connectivity index (χ0n) is 14.3. The van der Waals surface area contributed by atoms with Crippen LogP contribution in [0.2, 0.25) is 5.02 Å². The number of hydrogen-bond acceptors (Lipinski definition) is 8. The lowest BCUT2D eigenvalue weighted by atomic mass is 9.85. The molecular formula is C19H13ClN4O4. The van der Waals surface area contributed by atoms with Crippen molar-refractivity contribution in [3.05, 3.63) is 73.8 Å². The minimum Gasteiger partial charge on any atom is -0.458 e. The van der Waals surface area contributed by atoms with Crippen LogP contribution in [0.15, 0.2) is 39.5 Å². The van der Waals surface area contributed by atoms with E-state index in [2.05, 4.69) is 4.98 Å². The molecule has 0 saturated heterocycles. The molecule has 1 aliphatic heterocycles. The smallest absolute Gasteiger partial charge is 0.228 e. The van der Waals surface area contributed by atoms with Crippen LogP contribution in [0.1, 0.15) is 34.1 Å². The van der Waals surface area contributed by atoms with Gasteiger partial charge in [-0.05, 0) is 17.7 Å². The predicted molar refractivity (Wildman–Crippen MR) is 101 cm³/mol. The Bertz CT molecular complexity index is 1200. The van der Waals surface area contributed by atoms with Gasteiger partial charge in [0.15, 0.2) is 5.76 Å². The van der Waals surface area contributed by atoms with E-state index in [9.17, 15) is 15.2 Å². The molecule has 0 bridgehead atoms.